The van der Waals surface area contributed by atoms with E-state index < -0.39 is 21.6 Å². The summed E-state index contributed by atoms with van der Waals surface area (Å²) in [6, 6.07) is 7.82. The predicted molar refractivity (Wildman–Crippen MR) is 105 cm³/mol. The van der Waals surface area contributed by atoms with Gasteiger partial charge in [-0.05, 0) is 44.2 Å². The van der Waals surface area contributed by atoms with Crippen molar-refractivity contribution < 1.29 is 17.2 Å². The third-order valence-electron chi connectivity index (χ3n) is 3.60. The highest BCUT2D eigenvalue weighted by atomic mass is 32.2. The van der Waals surface area contributed by atoms with Crippen LogP contribution in [0, 0.1) is 11.8 Å². The third-order valence-corrected chi connectivity index (χ3v) is 4.71. The summed E-state index contributed by atoms with van der Waals surface area (Å²) in [5, 5.41) is 5.83. The van der Waals surface area contributed by atoms with Crippen molar-refractivity contribution in [3.05, 3.63) is 48.2 Å². The molecule has 0 saturated heterocycles. The van der Waals surface area contributed by atoms with E-state index in [1.54, 1.807) is 12.1 Å². The molecule has 2 heterocycles. The first kappa shape index (κ1) is 20.5. The highest BCUT2D eigenvalue weighted by molar-refractivity contribution is 7.90. The monoisotopic (exact) mass is 420 g/mol. The Balaban J connectivity index is 2.06. The molecule has 0 atom stereocenters. The Kier molecular flexibility index (Phi) is 5.69. The number of aromatic nitrogens is 4. The number of benzene rings is 1. The summed E-state index contributed by atoms with van der Waals surface area (Å²) in [6.45, 7) is 3.71. The van der Waals surface area contributed by atoms with Gasteiger partial charge in [-0.3, -0.25) is 0 Å². The second kappa shape index (κ2) is 8.03. The number of hydrogen-bond acceptors (Lipinski definition) is 8. The smallest absolute Gasteiger partial charge is 0.232 e. The maximum atomic E-state index is 14.2. The lowest BCUT2D eigenvalue weighted by Gasteiger charge is -2.12. The number of nitrogens with one attached hydrogen (secondary N) is 2. The first-order valence-electron chi connectivity index (χ1n) is 8.54. The molecule has 0 aliphatic carbocycles. The van der Waals surface area contributed by atoms with E-state index in [4.69, 9.17) is 0 Å². The second-order valence-corrected chi connectivity index (χ2v) is 8.51. The number of anilines is 3. The van der Waals surface area contributed by atoms with Gasteiger partial charge < -0.3 is 10.6 Å². The average Bonchev–Trinajstić information content (AvgIpc) is 2.62. The van der Waals surface area contributed by atoms with Gasteiger partial charge in [0, 0.05) is 18.0 Å². The lowest BCUT2D eigenvalue weighted by atomic mass is 10.3. The number of nitrogens with zero attached hydrogens (tertiary/aromatic N) is 4. The van der Waals surface area contributed by atoms with Gasteiger partial charge in [0.2, 0.25) is 17.8 Å². The molecule has 0 aliphatic heterocycles. The molecule has 0 fully saturated rings. The summed E-state index contributed by atoms with van der Waals surface area (Å²) in [6.07, 6.45) is 1.09. The Hall–Kier alpha value is -3.21. The molecule has 1 aromatic carbocycles. The van der Waals surface area contributed by atoms with Crippen LogP contribution in [0.3, 0.4) is 0 Å². The zero-order valence-electron chi connectivity index (χ0n) is 15.8. The first-order valence-corrected chi connectivity index (χ1v) is 10.4. The number of sulfone groups is 1. The number of halogens is 2. The molecule has 11 heteroatoms. The Bertz CT molecular complexity index is 1150. The molecule has 0 saturated carbocycles. The van der Waals surface area contributed by atoms with Gasteiger partial charge in [-0.2, -0.15) is 19.3 Å². The van der Waals surface area contributed by atoms with Crippen molar-refractivity contribution in [1.82, 2.24) is 19.9 Å². The summed E-state index contributed by atoms with van der Waals surface area (Å²) in [5.74, 6) is -1.72. The highest BCUT2D eigenvalue weighted by Crippen LogP contribution is 2.23. The largest absolute Gasteiger partial charge is 0.352 e. The summed E-state index contributed by atoms with van der Waals surface area (Å²) in [7, 11) is -3.41. The van der Waals surface area contributed by atoms with E-state index in [2.05, 4.69) is 30.6 Å². The Morgan fingerprint density at radius 2 is 1.69 bits per heavy atom. The minimum atomic E-state index is -3.41. The van der Waals surface area contributed by atoms with Gasteiger partial charge in [-0.1, -0.05) is 6.07 Å². The number of pyridine rings is 1. The molecule has 0 bridgehead atoms. The van der Waals surface area contributed by atoms with Crippen LogP contribution in [-0.4, -0.2) is 40.7 Å². The summed E-state index contributed by atoms with van der Waals surface area (Å²) < 4.78 is 51.2. The molecule has 0 aliphatic rings. The molecule has 2 aromatic heterocycles. The van der Waals surface area contributed by atoms with Crippen molar-refractivity contribution in [1.29, 1.82) is 0 Å². The van der Waals surface area contributed by atoms with Crippen LogP contribution in [0.4, 0.5) is 26.4 Å². The van der Waals surface area contributed by atoms with Crippen LogP contribution in [0.5, 0.6) is 0 Å². The zero-order valence-corrected chi connectivity index (χ0v) is 16.6. The molecule has 0 amide bonds. The minimum absolute atomic E-state index is 0.00858. The van der Waals surface area contributed by atoms with Gasteiger partial charge in [0.1, 0.15) is 5.69 Å². The highest BCUT2D eigenvalue weighted by Gasteiger charge is 2.16. The first-order chi connectivity index (χ1) is 13.6. The second-order valence-electron chi connectivity index (χ2n) is 6.49. The Morgan fingerprint density at radius 3 is 2.38 bits per heavy atom. The normalized spacial score (nSPS) is 11.5. The lowest BCUT2D eigenvalue weighted by molar-refractivity contribution is 0.562. The van der Waals surface area contributed by atoms with E-state index in [0.717, 1.165) is 18.4 Å². The molecule has 0 unspecified atom stereocenters. The van der Waals surface area contributed by atoms with E-state index in [1.165, 1.54) is 12.1 Å². The topological polar surface area (TPSA) is 110 Å². The lowest BCUT2D eigenvalue weighted by Crippen LogP contribution is -2.15. The van der Waals surface area contributed by atoms with Crippen molar-refractivity contribution in [2.45, 2.75) is 24.8 Å². The maximum absolute atomic E-state index is 14.2. The van der Waals surface area contributed by atoms with Crippen LogP contribution < -0.4 is 10.6 Å². The third kappa shape index (κ3) is 5.19. The molecule has 0 radical (unpaired) electrons. The summed E-state index contributed by atoms with van der Waals surface area (Å²) in [5.41, 5.74) is 0.0281. The molecular formula is C18H18F2N6O2S. The molecule has 3 rings (SSSR count). The quantitative estimate of drug-likeness (QED) is 0.585. The van der Waals surface area contributed by atoms with Gasteiger partial charge in [-0.25, -0.2) is 17.8 Å². The summed E-state index contributed by atoms with van der Waals surface area (Å²) in [4.78, 5) is 16.0. The Labute approximate surface area is 166 Å². The van der Waals surface area contributed by atoms with Crippen LogP contribution in [-0.2, 0) is 9.84 Å². The van der Waals surface area contributed by atoms with Crippen LogP contribution in [0.1, 0.15) is 13.8 Å². The van der Waals surface area contributed by atoms with Crippen molar-refractivity contribution in [3.8, 4) is 11.5 Å². The van der Waals surface area contributed by atoms with Gasteiger partial charge in [-0.15, -0.1) is 0 Å². The van der Waals surface area contributed by atoms with Gasteiger partial charge >= 0.3 is 0 Å². The van der Waals surface area contributed by atoms with Gasteiger partial charge in [0.25, 0.3) is 0 Å². The predicted octanol–water partition coefficient (Wildman–Crippen LogP) is 3.18. The molecule has 152 valence electrons. The molecule has 2 N–H and O–H groups in total. The zero-order chi connectivity index (χ0) is 21.2. The van der Waals surface area contributed by atoms with E-state index in [-0.39, 0.29) is 34.4 Å². The van der Waals surface area contributed by atoms with Gasteiger partial charge in [0.05, 0.1) is 4.90 Å². The van der Waals surface area contributed by atoms with Crippen molar-refractivity contribution in [2.75, 3.05) is 16.9 Å². The van der Waals surface area contributed by atoms with Crippen LogP contribution in [0.15, 0.2) is 41.3 Å². The Morgan fingerprint density at radius 1 is 0.966 bits per heavy atom. The van der Waals surface area contributed by atoms with Crippen LogP contribution >= 0.6 is 0 Å². The fourth-order valence-electron chi connectivity index (χ4n) is 2.37. The summed E-state index contributed by atoms with van der Waals surface area (Å²) >= 11 is 0. The molecule has 0 spiro atoms. The van der Waals surface area contributed by atoms with E-state index in [1.807, 2.05) is 13.8 Å². The van der Waals surface area contributed by atoms with Crippen molar-refractivity contribution in [3.63, 3.8) is 0 Å². The molecule has 8 nitrogen and oxygen atoms in total. The fraction of sp³-hybridized carbons (Fsp3) is 0.222. The SMILES string of the molecule is CC(C)Nc1nc(Nc2cccc(S(C)(=O)=O)c2)nc(-c2nc(F)ccc2F)n1. The standard InChI is InChI=1S/C18H18F2N6O2S/c1-10(2)21-17-24-16(15-13(19)7-8-14(20)23-15)25-18(26-17)22-11-5-4-6-12(9-11)29(3,27)28/h4-10H,1-3H3,(H2,21,22,24,25,26). The average molecular weight is 420 g/mol. The number of hydrogen-bond donors (Lipinski definition) is 2. The van der Waals surface area contributed by atoms with E-state index in [0.29, 0.717) is 5.69 Å². The fourth-order valence-corrected chi connectivity index (χ4v) is 3.04. The van der Waals surface area contributed by atoms with E-state index in [9.17, 15) is 17.2 Å². The van der Waals surface area contributed by atoms with Crippen molar-refractivity contribution >= 4 is 27.4 Å². The van der Waals surface area contributed by atoms with Gasteiger partial charge in [0.15, 0.2) is 21.5 Å². The molecule has 29 heavy (non-hydrogen) atoms. The van der Waals surface area contributed by atoms with E-state index >= 15 is 0 Å². The maximum Gasteiger partial charge on any atom is 0.232 e. The molecule has 3 aromatic rings. The van der Waals surface area contributed by atoms with Crippen LogP contribution in [0.25, 0.3) is 11.5 Å². The van der Waals surface area contributed by atoms with Crippen molar-refractivity contribution in [2.24, 2.45) is 0 Å². The minimum Gasteiger partial charge on any atom is -0.352 e. The van der Waals surface area contributed by atoms with Crippen LogP contribution in [0.2, 0.25) is 0 Å². The number of rotatable bonds is 6. The molecular weight excluding hydrogens is 402 g/mol.